The smallest absolute Gasteiger partial charge is 0.128 e. The van der Waals surface area contributed by atoms with Crippen LogP contribution >= 0.6 is 0 Å². The Morgan fingerprint density at radius 2 is 1.32 bits per heavy atom. The predicted octanol–water partition coefficient (Wildman–Crippen LogP) is 6.70. The minimum atomic E-state index is 0.714. The zero-order valence-electron chi connectivity index (χ0n) is 16.6. The van der Waals surface area contributed by atoms with Gasteiger partial charge >= 0.3 is 0 Å². The van der Waals surface area contributed by atoms with Crippen LogP contribution in [0.3, 0.4) is 0 Å². The fourth-order valence-corrected chi connectivity index (χ4v) is 5.16. The average Bonchev–Trinajstić information content (AvgIpc) is 2.68. The predicted molar refractivity (Wildman–Crippen MR) is 106 cm³/mol. The van der Waals surface area contributed by atoms with Gasteiger partial charge in [0.2, 0.25) is 0 Å². The molecule has 1 aromatic rings. The highest BCUT2D eigenvalue weighted by molar-refractivity contribution is 5.12. The van der Waals surface area contributed by atoms with Crippen LogP contribution in [-0.4, -0.2) is 9.97 Å². The van der Waals surface area contributed by atoms with Gasteiger partial charge in [0.05, 0.1) is 0 Å². The second-order valence-corrected chi connectivity index (χ2v) is 8.77. The lowest BCUT2D eigenvalue weighted by molar-refractivity contribution is 0.258. The van der Waals surface area contributed by atoms with Crippen molar-refractivity contribution in [2.75, 3.05) is 0 Å². The van der Waals surface area contributed by atoms with Gasteiger partial charge in [0, 0.05) is 18.8 Å². The van der Waals surface area contributed by atoms with Crippen LogP contribution < -0.4 is 0 Å². The van der Waals surface area contributed by atoms with E-state index in [1.54, 1.807) is 0 Å². The Bertz CT molecular complexity index is 479. The van der Waals surface area contributed by atoms with E-state index in [0.29, 0.717) is 5.92 Å². The molecule has 0 radical (unpaired) electrons. The van der Waals surface area contributed by atoms with Crippen molar-refractivity contribution in [2.24, 2.45) is 17.8 Å². The van der Waals surface area contributed by atoms with Crippen molar-refractivity contribution < 1.29 is 0 Å². The molecule has 140 valence electrons. The molecule has 3 rings (SSSR count). The average molecular weight is 343 g/mol. The van der Waals surface area contributed by atoms with Gasteiger partial charge in [0.1, 0.15) is 5.82 Å². The molecule has 0 atom stereocenters. The van der Waals surface area contributed by atoms with E-state index in [0.717, 1.165) is 30.0 Å². The summed E-state index contributed by atoms with van der Waals surface area (Å²) in [5.41, 5.74) is 1.39. The van der Waals surface area contributed by atoms with Crippen molar-refractivity contribution in [3.05, 3.63) is 23.8 Å². The Hall–Kier alpha value is -0.920. The quantitative estimate of drug-likeness (QED) is 0.551. The Morgan fingerprint density at radius 3 is 1.92 bits per heavy atom. The fraction of sp³-hybridized carbons (Fsp3) is 0.826. The first-order valence-electron chi connectivity index (χ1n) is 11.1. The van der Waals surface area contributed by atoms with Gasteiger partial charge in [-0.3, -0.25) is 0 Å². The van der Waals surface area contributed by atoms with E-state index in [-0.39, 0.29) is 0 Å². The minimum absolute atomic E-state index is 0.714. The van der Waals surface area contributed by atoms with Crippen LogP contribution in [0.5, 0.6) is 0 Å². The molecule has 0 saturated heterocycles. The second kappa shape index (κ2) is 9.69. The summed E-state index contributed by atoms with van der Waals surface area (Å²) in [6.07, 6.45) is 22.0. The Labute approximate surface area is 155 Å². The van der Waals surface area contributed by atoms with Crippen LogP contribution in [0.15, 0.2) is 12.4 Å². The van der Waals surface area contributed by atoms with E-state index in [2.05, 4.69) is 26.2 Å². The lowest BCUT2D eigenvalue weighted by Gasteiger charge is -2.28. The molecule has 1 heterocycles. The van der Waals surface area contributed by atoms with Crippen molar-refractivity contribution >= 4 is 0 Å². The Kier molecular flexibility index (Phi) is 7.31. The lowest BCUT2D eigenvalue weighted by atomic mass is 9.78. The van der Waals surface area contributed by atoms with Gasteiger partial charge in [-0.1, -0.05) is 58.8 Å². The van der Waals surface area contributed by atoms with Crippen molar-refractivity contribution in [1.82, 2.24) is 9.97 Å². The van der Waals surface area contributed by atoms with Gasteiger partial charge in [0.25, 0.3) is 0 Å². The maximum absolute atomic E-state index is 4.71. The molecule has 2 heteroatoms. The monoisotopic (exact) mass is 342 g/mol. The summed E-state index contributed by atoms with van der Waals surface area (Å²) in [6.45, 7) is 4.66. The molecule has 0 unspecified atom stereocenters. The Balaban J connectivity index is 1.42. The first-order chi connectivity index (χ1) is 12.3. The summed E-state index contributed by atoms with van der Waals surface area (Å²) < 4.78 is 0. The van der Waals surface area contributed by atoms with E-state index >= 15 is 0 Å². The number of hydrogen-bond acceptors (Lipinski definition) is 2. The van der Waals surface area contributed by atoms with Crippen LogP contribution in [0.1, 0.15) is 108 Å². The molecule has 2 aliphatic carbocycles. The van der Waals surface area contributed by atoms with Gasteiger partial charge < -0.3 is 0 Å². The van der Waals surface area contributed by atoms with Crippen molar-refractivity contribution in [2.45, 2.75) is 103 Å². The molecule has 2 nitrogen and oxygen atoms in total. The van der Waals surface area contributed by atoms with Gasteiger partial charge in [-0.15, -0.1) is 0 Å². The fourth-order valence-electron chi connectivity index (χ4n) is 5.16. The molecule has 0 amide bonds. The first-order valence-corrected chi connectivity index (χ1v) is 11.1. The van der Waals surface area contributed by atoms with E-state index in [1.807, 2.05) is 0 Å². The summed E-state index contributed by atoms with van der Waals surface area (Å²) >= 11 is 0. The maximum Gasteiger partial charge on any atom is 0.128 e. The lowest BCUT2D eigenvalue weighted by Crippen LogP contribution is -2.15. The largest absolute Gasteiger partial charge is 0.241 e. The van der Waals surface area contributed by atoms with Crippen LogP contribution in [0.25, 0.3) is 0 Å². The van der Waals surface area contributed by atoms with E-state index in [9.17, 15) is 0 Å². The second-order valence-electron chi connectivity index (χ2n) is 8.77. The van der Waals surface area contributed by atoms with Crippen molar-refractivity contribution in [1.29, 1.82) is 0 Å². The molecule has 2 saturated carbocycles. The van der Waals surface area contributed by atoms with E-state index in [1.165, 1.54) is 82.6 Å². The van der Waals surface area contributed by atoms with Gasteiger partial charge in [-0.2, -0.15) is 0 Å². The number of nitrogens with zero attached hydrogens (tertiary/aromatic N) is 2. The SMILES string of the molecule is CCCC1CCC(c2cnc(CCC3CCC(CC)CC3)nc2)CC1. The molecule has 25 heavy (non-hydrogen) atoms. The third-order valence-electron chi connectivity index (χ3n) is 7.06. The van der Waals surface area contributed by atoms with E-state index < -0.39 is 0 Å². The highest BCUT2D eigenvalue weighted by atomic mass is 14.9. The number of rotatable bonds is 7. The number of aryl methyl sites for hydroxylation is 1. The standard InChI is InChI=1S/C23H38N2/c1-3-5-19-10-13-21(14-11-19)22-16-24-23(25-17-22)15-12-20-8-6-18(4-2)7-9-20/h16-21H,3-15H2,1-2H3. The summed E-state index contributed by atoms with van der Waals surface area (Å²) in [5, 5.41) is 0. The van der Waals surface area contributed by atoms with Crippen LogP contribution in [0.2, 0.25) is 0 Å². The Morgan fingerprint density at radius 1 is 0.760 bits per heavy atom. The highest BCUT2D eigenvalue weighted by Gasteiger charge is 2.23. The van der Waals surface area contributed by atoms with Crippen molar-refractivity contribution in [3.8, 4) is 0 Å². The molecular weight excluding hydrogens is 304 g/mol. The summed E-state index contributed by atoms with van der Waals surface area (Å²) in [7, 11) is 0. The minimum Gasteiger partial charge on any atom is -0.241 e. The number of hydrogen-bond donors (Lipinski definition) is 0. The highest BCUT2D eigenvalue weighted by Crippen LogP contribution is 2.37. The van der Waals surface area contributed by atoms with Crippen LogP contribution in [-0.2, 0) is 6.42 Å². The molecular formula is C23H38N2. The number of aromatic nitrogens is 2. The summed E-state index contributed by atoms with van der Waals surface area (Å²) in [5.74, 6) is 4.68. The molecule has 1 aromatic heterocycles. The van der Waals surface area contributed by atoms with E-state index in [4.69, 9.17) is 9.97 Å². The third-order valence-corrected chi connectivity index (χ3v) is 7.06. The summed E-state index contributed by atoms with van der Waals surface area (Å²) in [4.78, 5) is 9.43. The zero-order chi connectivity index (χ0) is 17.5. The van der Waals surface area contributed by atoms with Gasteiger partial charge in [-0.05, 0) is 61.3 Å². The van der Waals surface area contributed by atoms with Crippen molar-refractivity contribution in [3.63, 3.8) is 0 Å². The van der Waals surface area contributed by atoms with Crippen LogP contribution in [0.4, 0.5) is 0 Å². The normalized spacial score (nSPS) is 30.3. The molecule has 2 aliphatic rings. The molecule has 0 bridgehead atoms. The topological polar surface area (TPSA) is 25.8 Å². The first kappa shape index (κ1) is 18.9. The molecule has 0 N–H and O–H groups in total. The zero-order valence-corrected chi connectivity index (χ0v) is 16.6. The molecule has 0 aliphatic heterocycles. The maximum atomic E-state index is 4.71. The molecule has 0 spiro atoms. The van der Waals surface area contributed by atoms with Gasteiger partial charge in [-0.25, -0.2) is 9.97 Å². The molecule has 2 fully saturated rings. The summed E-state index contributed by atoms with van der Waals surface area (Å²) in [6, 6.07) is 0. The van der Waals surface area contributed by atoms with Crippen LogP contribution in [0, 0.1) is 17.8 Å². The van der Waals surface area contributed by atoms with Gasteiger partial charge in [0.15, 0.2) is 0 Å². The third kappa shape index (κ3) is 5.53. The molecule has 0 aromatic carbocycles.